The fourth-order valence-corrected chi connectivity index (χ4v) is 3.17. The first kappa shape index (κ1) is 15.6. The molecule has 1 aromatic carbocycles. The van der Waals surface area contributed by atoms with Gasteiger partial charge >= 0.3 is 0 Å². The Kier molecular flexibility index (Phi) is 4.09. The SMILES string of the molecule is O=C(COc1ccc2c(c1)CCC(=O)N2)NCc1nnc2n1CCC2. The normalized spacial score (nSPS) is 15.3. The van der Waals surface area contributed by atoms with Crippen molar-refractivity contribution >= 4 is 17.5 Å². The first-order chi connectivity index (χ1) is 12.2. The highest BCUT2D eigenvalue weighted by molar-refractivity contribution is 5.94. The first-order valence-corrected chi connectivity index (χ1v) is 8.42. The lowest BCUT2D eigenvalue weighted by Crippen LogP contribution is -2.29. The number of anilines is 1. The molecule has 0 saturated carbocycles. The Morgan fingerprint density at radius 3 is 3.12 bits per heavy atom. The maximum atomic E-state index is 12.0. The predicted molar refractivity (Wildman–Crippen MR) is 89.1 cm³/mol. The van der Waals surface area contributed by atoms with Crippen molar-refractivity contribution in [1.82, 2.24) is 20.1 Å². The molecule has 4 rings (SSSR count). The van der Waals surface area contributed by atoms with Gasteiger partial charge in [0.1, 0.15) is 11.6 Å². The lowest BCUT2D eigenvalue weighted by atomic mass is 10.0. The number of benzene rings is 1. The Balaban J connectivity index is 1.29. The Morgan fingerprint density at radius 2 is 2.20 bits per heavy atom. The molecular weight excluding hydrogens is 322 g/mol. The number of hydrogen-bond acceptors (Lipinski definition) is 5. The molecule has 0 unspecified atom stereocenters. The molecule has 2 N–H and O–H groups in total. The van der Waals surface area contributed by atoms with Gasteiger partial charge in [-0.3, -0.25) is 9.59 Å². The van der Waals surface area contributed by atoms with Gasteiger partial charge in [0.15, 0.2) is 12.4 Å². The molecule has 0 spiro atoms. The number of ether oxygens (including phenoxy) is 1. The third-order valence-electron chi connectivity index (χ3n) is 4.47. The summed E-state index contributed by atoms with van der Waals surface area (Å²) in [6, 6.07) is 5.43. The van der Waals surface area contributed by atoms with Crippen LogP contribution in [0.3, 0.4) is 0 Å². The van der Waals surface area contributed by atoms with Gasteiger partial charge in [-0.1, -0.05) is 0 Å². The molecule has 0 fully saturated rings. The Bertz CT molecular complexity index is 830. The predicted octanol–water partition coefficient (Wildman–Crippen LogP) is 0.804. The van der Waals surface area contributed by atoms with E-state index in [0.29, 0.717) is 25.1 Å². The highest BCUT2D eigenvalue weighted by atomic mass is 16.5. The van der Waals surface area contributed by atoms with E-state index in [9.17, 15) is 9.59 Å². The number of fused-ring (bicyclic) bond motifs is 2. The minimum Gasteiger partial charge on any atom is -0.484 e. The van der Waals surface area contributed by atoms with E-state index in [-0.39, 0.29) is 18.4 Å². The van der Waals surface area contributed by atoms with Crippen LogP contribution in [0.1, 0.15) is 30.1 Å². The average molecular weight is 341 g/mol. The molecule has 130 valence electrons. The molecule has 8 heteroatoms. The van der Waals surface area contributed by atoms with E-state index in [2.05, 4.69) is 25.4 Å². The van der Waals surface area contributed by atoms with Gasteiger partial charge in [0.25, 0.3) is 5.91 Å². The van der Waals surface area contributed by atoms with Gasteiger partial charge < -0.3 is 19.9 Å². The smallest absolute Gasteiger partial charge is 0.258 e. The summed E-state index contributed by atoms with van der Waals surface area (Å²) >= 11 is 0. The van der Waals surface area contributed by atoms with Gasteiger partial charge in [0.05, 0.1) is 6.54 Å². The quantitative estimate of drug-likeness (QED) is 0.838. The van der Waals surface area contributed by atoms with Crippen molar-refractivity contribution in [2.45, 2.75) is 38.8 Å². The maximum Gasteiger partial charge on any atom is 0.258 e. The topological polar surface area (TPSA) is 98.1 Å². The summed E-state index contributed by atoms with van der Waals surface area (Å²) in [5, 5.41) is 13.8. The molecule has 0 atom stereocenters. The number of aromatic nitrogens is 3. The van der Waals surface area contributed by atoms with E-state index < -0.39 is 0 Å². The zero-order valence-corrected chi connectivity index (χ0v) is 13.7. The Labute approximate surface area is 144 Å². The van der Waals surface area contributed by atoms with Crippen LogP contribution in [0.4, 0.5) is 5.69 Å². The molecule has 2 aromatic rings. The van der Waals surface area contributed by atoms with Crippen LogP contribution < -0.4 is 15.4 Å². The van der Waals surface area contributed by atoms with Crippen LogP contribution in [0.25, 0.3) is 0 Å². The van der Waals surface area contributed by atoms with Crippen molar-refractivity contribution < 1.29 is 14.3 Å². The van der Waals surface area contributed by atoms with E-state index in [1.54, 1.807) is 12.1 Å². The fraction of sp³-hybridized carbons (Fsp3) is 0.412. The molecular formula is C17H19N5O3. The number of aryl methyl sites for hydroxylation is 2. The zero-order valence-electron chi connectivity index (χ0n) is 13.7. The molecule has 2 aliphatic heterocycles. The number of rotatable bonds is 5. The minimum atomic E-state index is -0.207. The van der Waals surface area contributed by atoms with Crippen molar-refractivity contribution in [2.75, 3.05) is 11.9 Å². The van der Waals surface area contributed by atoms with Crippen molar-refractivity contribution in [3.63, 3.8) is 0 Å². The average Bonchev–Trinajstić information content (AvgIpc) is 3.22. The molecule has 3 heterocycles. The number of carbonyl (C=O) groups is 2. The molecule has 0 aliphatic carbocycles. The van der Waals surface area contributed by atoms with Crippen LogP contribution in [0.5, 0.6) is 5.75 Å². The summed E-state index contributed by atoms with van der Waals surface area (Å²) in [4.78, 5) is 23.4. The van der Waals surface area contributed by atoms with E-state index in [1.165, 1.54) is 0 Å². The number of nitrogens with one attached hydrogen (secondary N) is 2. The maximum absolute atomic E-state index is 12.0. The molecule has 0 radical (unpaired) electrons. The lowest BCUT2D eigenvalue weighted by molar-refractivity contribution is -0.123. The van der Waals surface area contributed by atoms with Gasteiger partial charge in [-0.15, -0.1) is 10.2 Å². The fourth-order valence-electron chi connectivity index (χ4n) is 3.17. The van der Waals surface area contributed by atoms with Gasteiger partial charge in [-0.25, -0.2) is 0 Å². The number of nitrogens with zero attached hydrogens (tertiary/aromatic N) is 3. The third-order valence-corrected chi connectivity index (χ3v) is 4.47. The monoisotopic (exact) mass is 341 g/mol. The van der Waals surface area contributed by atoms with Crippen LogP contribution in [0, 0.1) is 0 Å². The molecule has 0 saturated heterocycles. The van der Waals surface area contributed by atoms with E-state index in [1.807, 2.05) is 6.07 Å². The van der Waals surface area contributed by atoms with E-state index in [4.69, 9.17) is 4.74 Å². The molecule has 25 heavy (non-hydrogen) atoms. The first-order valence-electron chi connectivity index (χ1n) is 8.42. The minimum absolute atomic E-state index is 0.0283. The number of carbonyl (C=O) groups excluding carboxylic acids is 2. The second-order valence-electron chi connectivity index (χ2n) is 6.22. The molecule has 1 aromatic heterocycles. The summed E-state index contributed by atoms with van der Waals surface area (Å²) in [5.74, 6) is 2.21. The summed E-state index contributed by atoms with van der Waals surface area (Å²) in [7, 11) is 0. The van der Waals surface area contributed by atoms with Crippen LogP contribution in [-0.4, -0.2) is 33.2 Å². The van der Waals surface area contributed by atoms with E-state index >= 15 is 0 Å². The molecule has 2 amide bonds. The largest absolute Gasteiger partial charge is 0.484 e. The van der Waals surface area contributed by atoms with Gasteiger partial charge in [-0.2, -0.15) is 0 Å². The van der Waals surface area contributed by atoms with Crippen LogP contribution in [0.15, 0.2) is 18.2 Å². The van der Waals surface area contributed by atoms with Crippen molar-refractivity contribution in [1.29, 1.82) is 0 Å². The van der Waals surface area contributed by atoms with Gasteiger partial charge in [0, 0.05) is 25.1 Å². The Morgan fingerprint density at radius 1 is 1.28 bits per heavy atom. The highest BCUT2D eigenvalue weighted by Gasteiger charge is 2.18. The standard InChI is InChI=1S/C17H19N5O3/c23-16-6-3-11-8-12(4-5-13(11)19-16)25-10-17(24)18-9-15-21-20-14-2-1-7-22(14)15/h4-5,8H,1-3,6-7,9-10H2,(H,18,24)(H,19,23). The molecule has 2 aliphatic rings. The van der Waals surface area contributed by atoms with Crippen molar-refractivity contribution in [3.8, 4) is 5.75 Å². The van der Waals surface area contributed by atoms with Gasteiger partial charge in [-0.05, 0) is 36.6 Å². The summed E-state index contributed by atoms with van der Waals surface area (Å²) in [6.45, 7) is 1.20. The number of hydrogen-bond donors (Lipinski definition) is 2. The van der Waals surface area contributed by atoms with Crippen molar-refractivity contribution in [2.24, 2.45) is 0 Å². The number of amides is 2. The summed E-state index contributed by atoms with van der Waals surface area (Å²) in [6.07, 6.45) is 3.18. The van der Waals surface area contributed by atoms with Gasteiger partial charge in [0.2, 0.25) is 5.91 Å². The Hall–Kier alpha value is -2.90. The second-order valence-corrected chi connectivity index (χ2v) is 6.22. The van der Waals surface area contributed by atoms with Crippen LogP contribution in [0.2, 0.25) is 0 Å². The highest BCUT2D eigenvalue weighted by Crippen LogP contribution is 2.26. The molecule has 8 nitrogen and oxygen atoms in total. The second kappa shape index (κ2) is 6.54. The third kappa shape index (κ3) is 3.33. The van der Waals surface area contributed by atoms with Crippen molar-refractivity contribution in [3.05, 3.63) is 35.4 Å². The van der Waals surface area contributed by atoms with Crippen LogP contribution >= 0.6 is 0 Å². The van der Waals surface area contributed by atoms with Crippen LogP contribution in [-0.2, 0) is 35.5 Å². The molecule has 0 bridgehead atoms. The van der Waals surface area contributed by atoms with E-state index in [0.717, 1.165) is 42.3 Å². The zero-order chi connectivity index (χ0) is 17.2. The summed E-state index contributed by atoms with van der Waals surface area (Å²) < 4.78 is 7.61. The lowest BCUT2D eigenvalue weighted by Gasteiger charge is -2.17. The summed E-state index contributed by atoms with van der Waals surface area (Å²) in [5.41, 5.74) is 1.84.